The van der Waals surface area contributed by atoms with Gasteiger partial charge in [0, 0.05) is 12.1 Å². The van der Waals surface area contributed by atoms with Gasteiger partial charge in [-0.2, -0.15) is 4.98 Å². The largest absolute Gasteiger partial charge is 0.339 e. The van der Waals surface area contributed by atoms with Crippen molar-refractivity contribution in [2.45, 2.75) is 50.1 Å². The number of hydrogen-bond acceptors (Lipinski definition) is 4. The van der Waals surface area contributed by atoms with Crippen LogP contribution in [0.2, 0.25) is 0 Å². The van der Waals surface area contributed by atoms with Gasteiger partial charge in [-0.15, -0.1) is 0 Å². The average Bonchev–Trinajstić information content (AvgIpc) is 3.01. The second-order valence-electron chi connectivity index (χ2n) is 6.42. The molecule has 0 amide bonds. The number of benzene rings is 1. The fraction of sp³-hybridized carbons (Fsp3) is 0.529. The van der Waals surface area contributed by atoms with Gasteiger partial charge in [0.05, 0.1) is 5.92 Å². The Balaban J connectivity index is 1.77. The lowest BCUT2D eigenvalue weighted by molar-refractivity contribution is 0.120. The first-order valence-electron chi connectivity index (χ1n) is 7.81. The van der Waals surface area contributed by atoms with Gasteiger partial charge in [0.1, 0.15) is 0 Å². The molecule has 2 aliphatic rings. The molecule has 0 aliphatic carbocycles. The molecule has 1 aromatic heterocycles. The van der Waals surface area contributed by atoms with E-state index in [0.717, 1.165) is 11.7 Å². The van der Waals surface area contributed by atoms with Gasteiger partial charge in [0.15, 0.2) is 5.82 Å². The summed E-state index contributed by atoms with van der Waals surface area (Å²) >= 11 is 0. The summed E-state index contributed by atoms with van der Waals surface area (Å²) in [5.41, 5.74) is 1.41. The number of aromatic nitrogens is 2. The van der Waals surface area contributed by atoms with Crippen molar-refractivity contribution in [2.75, 3.05) is 7.05 Å². The molecule has 2 aromatic rings. The molecule has 0 unspecified atom stereocenters. The number of aryl methyl sites for hydroxylation is 1. The van der Waals surface area contributed by atoms with Crippen LogP contribution in [0.15, 0.2) is 34.9 Å². The van der Waals surface area contributed by atoms with Gasteiger partial charge in [0.2, 0.25) is 5.89 Å². The minimum Gasteiger partial charge on any atom is -0.339 e. The Kier molecular flexibility index (Phi) is 3.07. The molecule has 21 heavy (non-hydrogen) atoms. The predicted molar refractivity (Wildman–Crippen MR) is 80.1 cm³/mol. The predicted octanol–water partition coefficient (Wildman–Crippen LogP) is 3.11. The lowest BCUT2D eigenvalue weighted by Crippen LogP contribution is -2.44. The number of nitrogens with zero attached hydrogens (tertiary/aromatic N) is 3. The summed E-state index contributed by atoms with van der Waals surface area (Å²) in [5.74, 6) is 2.36. The average molecular weight is 283 g/mol. The first-order valence-corrected chi connectivity index (χ1v) is 7.81. The van der Waals surface area contributed by atoms with Gasteiger partial charge >= 0.3 is 0 Å². The van der Waals surface area contributed by atoms with Gasteiger partial charge in [-0.25, -0.2) is 0 Å². The van der Waals surface area contributed by atoms with Gasteiger partial charge in [-0.3, -0.25) is 4.90 Å². The first kappa shape index (κ1) is 13.0. The second-order valence-corrected chi connectivity index (χ2v) is 6.42. The second kappa shape index (κ2) is 4.95. The molecule has 0 radical (unpaired) electrons. The molecule has 2 bridgehead atoms. The normalized spacial score (nSPS) is 32.5. The fourth-order valence-electron chi connectivity index (χ4n) is 4.29. The van der Waals surface area contributed by atoms with Crippen LogP contribution in [0.3, 0.4) is 0 Å². The van der Waals surface area contributed by atoms with Gasteiger partial charge in [0.25, 0.3) is 0 Å². The molecular weight excluding hydrogens is 262 g/mol. The fourth-order valence-corrected chi connectivity index (χ4v) is 4.29. The number of piperidine rings is 1. The van der Waals surface area contributed by atoms with E-state index in [0.29, 0.717) is 23.9 Å². The topological polar surface area (TPSA) is 42.2 Å². The van der Waals surface area contributed by atoms with Crippen LogP contribution in [0, 0.1) is 6.92 Å². The molecule has 4 rings (SSSR count). The molecule has 4 atom stereocenters. The number of hydrogen-bond donors (Lipinski definition) is 0. The van der Waals surface area contributed by atoms with Gasteiger partial charge in [-0.1, -0.05) is 35.5 Å². The molecule has 2 aliphatic heterocycles. The SMILES string of the molecule is Cc1noc([C@H]2[C@H]3CC[C@@H](C[C@H]2c2ccccc2)N3C)n1. The molecule has 4 heteroatoms. The van der Waals surface area contributed by atoms with E-state index < -0.39 is 0 Å². The third kappa shape index (κ3) is 2.09. The molecule has 3 heterocycles. The Morgan fingerprint density at radius 3 is 2.71 bits per heavy atom. The molecule has 1 aromatic carbocycles. The smallest absolute Gasteiger partial charge is 0.231 e. The standard InChI is InChI=1S/C17H21N3O/c1-11-18-17(21-19-11)16-14(12-6-4-3-5-7-12)10-13-8-9-15(16)20(13)2/h3-7,13-16H,8-10H2,1-2H3/t13-,14-,15+,16+/m0/s1. The summed E-state index contributed by atoms with van der Waals surface area (Å²) in [5, 5.41) is 4.02. The zero-order valence-corrected chi connectivity index (χ0v) is 12.6. The Hall–Kier alpha value is -1.68. The maximum Gasteiger partial charge on any atom is 0.231 e. The summed E-state index contributed by atoms with van der Waals surface area (Å²) in [6, 6.07) is 12.0. The highest BCUT2D eigenvalue weighted by Crippen LogP contribution is 2.50. The Bertz CT molecular complexity index is 624. The molecule has 0 spiro atoms. The summed E-state index contributed by atoms with van der Waals surface area (Å²) < 4.78 is 5.57. The lowest BCUT2D eigenvalue weighted by atomic mass is 9.76. The Morgan fingerprint density at radius 2 is 2.00 bits per heavy atom. The number of likely N-dealkylation sites (N-methyl/N-ethyl adjacent to an activating group) is 1. The van der Waals surface area contributed by atoms with Crippen molar-refractivity contribution in [2.24, 2.45) is 0 Å². The summed E-state index contributed by atoms with van der Waals surface area (Å²) in [6.45, 7) is 1.90. The zero-order valence-electron chi connectivity index (χ0n) is 12.6. The van der Waals surface area contributed by atoms with Crippen molar-refractivity contribution in [1.29, 1.82) is 0 Å². The summed E-state index contributed by atoms with van der Waals surface area (Å²) in [4.78, 5) is 7.09. The van der Waals surface area contributed by atoms with Gasteiger partial charge < -0.3 is 4.52 Å². The quantitative estimate of drug-likeness (QED) is 0.849. The van der Waals surface area contributed by atoms with Crippen LogP contribution >= 0.6 is 0 Å². The van der Waals surface area contributed by atoms with E-state index >= 15 is 0 Å². The van der Waals surface area contributed by atoms with E-state index in [-0.39, 0.29) is 0 Å². The molecule has 4 nitrogen and oxygen atoms in total. The lowest BCUT2D eigenvalue weighted by Gasteiger charge is -2.41. The van der Waals surface area contributed by atoms with E-state index in [1.165, 1.54) is 24.8 Å². The molecule has 110 valence electrons. The highest BCUT2D eigenvalue weighted by molar-refractivity contribution is 5.27. The minimum absolute atomic E-state index is 0.317. The van der Waals surface area contributed by atoms with Crippen LogP contribution in [-0.2, 0) is 0 Å². The van der Waals surface area contributed by atoms with Crippen LogP contribution in [0.5, 0.6) is 0 Å². The van der Waals surface area contributed by atoms with E-state index in [1.807, 2.05) is 6.92 Å². The van der Waals surface area contributed by atoms with Crippen LogP contribution in [0.4, 0.5) is 0 Å². The molecule has 0 saturated carbocycles. The monoisotopic (exact) mass is 283 g/mol. The van der Waals surface area contributed by atoms with Crippen molar-refractivity contribution in [3.8, 4) is 0 Å². The minimum atomic E-state index is 0.317. The van der Waals surface area contributed by atoms with E-state index in [4.69, 9.17) is 4.52 Å². The van der Waals surface area contributed by atoms with Crippen LogP contribution in [-0.4, -0.2) is 34.2 Å². The highest BCUT2D eigenvalue weighted by Gasteiger charge is 2.48. The molecular formula is C17H21N3O. The zero-order chi connectivity index (χ0) is 14.4. The summed E-state index contributed by atoms with van der Waals surface area (Å²) in [7, 11) is 2.25. The molecule has 2 fully saturated rings. The number of fused-ring (bicyclic) bond motifs is 2. The maximum atomic E-state index is 5.57. The highest BCUT2D eigenvalue weighted by atomic mass is 16.5. The third-order valence-electron chi connectivity index (χ3n) is 5.32. The van der Waals surface area contributed by atoms with Crippen molar-refractivity contribution in [3.63, 3.8) is 0 Å². The van der Waals surface area contributed by atoms with Crippen LogP contribution < -0.4 is 0 Å². The van der Waals surface area contributed by atoms with E-state index in [2.05, 4.69) is 52.4 Å². The van der Waals surface area contributed by atoms with Crippen molar-refractivity contribution < 1.29 is 4.52 Å². The Morgan fingerprint density at radius 1 is 1.19 bits per heavy atom. The summed E-state index contributed by atoms with van der Waals surface area (Å²) in [6.07, 6.45) is 3.70. The van der Waals surface area contributed by atoms with Crippen LogP contribution in [0.1, 0.15) is 48.4 Å². The first-order chi connectivity index (χ1) is 10.2. The Labute approximate surface area is 125 Å². The number of rotatable bonds is 2. The van der Waals surface area contributed by atoms with Crippen LogP contribution in [0.25, 0.3) is 0 Å². The molecule has 0 N–H and O–H groups in total. The van der Waals surface area contributed by atoms with E-state index in [1.54, 1.807) is 0 Å². The maximum absolute atomic E-state index is 5.57. The van der Waals surface area contributed by atoms with Crippen molar-refractivity contribution in [1.82, 2.24) is 15.0 Å². The third-order valence-corrected chi connectivity index (χ3v) is 5.32. The van der Waals surface area contributed by atoms with Crippen molar-refractivity contribution >= 4 is 0 Å². The van der Waals surface area contributed by atoms with E-state index in [9.17, 15) is 0 Å². The van der Waals surface area contributed by atoms with Crippen molar-refractivity contribution in [3.05, 3.63) is 47.6 Å². The molecule has 2 saturated heterocycles. The van der Waals surface area contributed by atoms with Gasteiger partial charge in [-0.05, 0) is 44.7 Å².